The fourth-order valence-electron chi connectivity index (χ4n) is 3.82. The molecule has 4 unspecified atom stereocenters. The lowest BCUT2D eigenvalue weighted by molar-refractivity contribution is -0.190. The highest BCUT2D eigenvalue weighted by molar-refractivity contribution is 6.28. The van der Waals surface area contributed by atoms with E-state index in [9.17, 15) is 30.0 Å². The second-order valence-electron chi connectivity index (χ2n) is 7.98. The first-order valence-electron chi connectivity index (χ1n) is 10.3. The predicted octanol–water partition coefficient (Wildman–Crippen LogP) is -0.280. The van der Waals surface area contributed by atoms with Crippen LogP contribution in [0.4, 0.5) is 5.82 Å². The third kappa shape index (κ3) is 4.41. The minimum atomic E-state index is -2.74. The number of aromatic nitrogens is 4. The number of hydrogen-bond donors (Lipinski definition) is 5. The van der Waals surface area contributed by atoms with E-state index in [4.69, 9.17) is 32.1 Å². The third-order valence-electron chi connectivity index (χ3n) is 5.75. The van der Waals surface area contributed by atoms with E-state index in [-0.39, 0.29) is 27.8 Å². The van der Waals surface area contributed by atoms with Crippen LogP contribution >= 0.6 is 11.6 Å². The van der Waals surface area contributed by atoms with Gasteiger partial charge in [0, 0.05) is 6.42 Å². The molecule has 0 radical (unpaired) electrons. The van der Waals surface area contributed by atoms with Crippen LogP contribution in [0.1, 0.15) is 17.4 Å². The van der Waals surface area contributed by atoms with Gasteiger partial charge in [0.1, 0.15) is 23.8 Å². The Kier molecular flexibility index (Phi) is 6.76. The van der Waals surface area contributed by atoms with Crippen LogP contribution in [0.3, 0.4) is 0 Å². The number of ether oxygens (including phenoxy) is 2. The lowest BCUT2D eigenvalue weighted by Crippen LogP contribution is -2.52. The second kappa shape index (κ2) is 9.64. The zero-order valence-electron chi connectivity index (χ0n) is 18.2. The van der Waals surface area contributed by atoms with Crippen LogP contribution < -0.4 is 5.73 Å². The summed E-state index contributed by atoms with van der Waals surface area (Å²) in [6.45, 7) is -0.700. The van der Waals surface area contributed by atoms with Gasteiger partial charge in [0.15, 0.2) is 17.7 Å². The molecule has 1 fully saturated rings. The molecule has 0 saturated carbocycles. The van der Waals surface area contributed by atoms with Gasteiger partial charge in [0.25, 0.3) is 5.60 Å². The molecule has 0 amide bonds. The van der Waals surface area contributed by atoms with Gasteiger partial charge < -0.3 is 35.6 Å². The number of nitriles is 1. The van der Waals surface area contributed by atoms with Crippen LogP contribution in [0.2, 0.25) is 5.28 Å². The number of carboxylic acids is 2. The minimum absolute atomic E-state index is 0.0211. The van der Waals surface area contributed by atoms with E-state index in [2.05, 4.69) is 15.0 Å². The topological polar surface area (TPSA) is 227 Å². The number of fused-ring (bicyclic) bond motifs is 1. The first-order valence-corrected chi connectivity index (χ1v) is 10.7. The van der Waals surface area contributed by atoms with Crippen LogP contribution in [-0.2, 0) is 25.5 Å². The number of hydrogen-bond acceptors (Lipinski definition) is 11. The summed E-state index contributed by atoms with van der Waals surface area (Å²) in [5.74, 6) is -3.59. The van der Waals surface area contributed by atoms with Crippen molar-refractivity contribution < 1.29 is 39.5 Å². The number of nitrogen functional groups attached to an aromatic ring is 1. The number of carbonyl (C=O) groups is 2. The van der Waals surface area contributed by atoms with Gasteiger partial charge in [-0.15, -0.1) is 0 Å². The molecule has 0 bridgehead atoms. The Labute approximate surface area is 207 Å². The van der Waals surface area contributed by atoms with Crippen LogP contribution in [0.25, 0.3) is 11.2 Å². The molecule has 4 atom stereocenters. The van der Waals surface area contributed by atoms with Gasteiger partial charge in [0.2, 0.25) is 5.28 Å². The Morgan fingerprint density at radius 2 is 1.86 bits per heavy atom. The summed E-state index contributed by atoms with van der Waals surface area (Å²) in [6, 6.07) is 7.54. The number of nitrogens with zero attached hydrogens (tertiary/aromatic N) is 5. The van der Waals surface area contributed by atoms with Crippen molar-refractivity contribution in [2.24, 2.45) is 0 Å². The number of carboxylic acid groups (broad SMARTS) is 2. The van der Waals surface area contributed by atoms with Crippen molar-refractivity contribution in [1.82, 2.24) is 19.5 Å². The normalized spacial score (nSPS) is 21.9. The maximum absolute atomic E-state index is 12.0. The van der Waals surface area contributed by atoms with E-state index in [0.29, 0.717) is 5.56 Å². The number of rotatable bonds is 8. The van der Waals surface area contributed by atoms with Gasteiger partial charge in [-0.05, 0) is 29.3 Å². The summed E-state index contributed by atoms with van der Waals surface area (Å²) in [7, 11) is 0. The number of aliphatic carboxylic acids is 2. The van der Waals surface area contributed by atoms with E-state index in [0.717, 1.165) is 0 Å². The quantitative estimate of drug-likeness (QED) is 0.191. The molecule has 3 heterocycles. The number of aliphatic hydroxyl groups excluding tert-OH is 2. The molecule has 1 saturated heterocycles. The maximum Gasteiger partial charge on any atom is 0.348 e. The number of halogens is 1. The Bertz CT molecular complexity index is 1340. The summed E-state index contributed by atoms with van der Waals surface area (Å²) in [5.41, 5.74) is 3.90. The molecule has 188 valence electrons. The van der Waals surface area contributed by atoms with Crippen LogP contribution in [0.15, 0.2) is 30.6 Å². The van der Waals surface area contributed by atoms with E-state index < -0.39 is 55.1 Å². The first-order chi connectivity index (χ1) is 17.1. The Morgan fingerprint density at radius 1 is 1.19 bits per heavy atom. The summed E-state index contributed by atoms with van der Waals surface area (Å²) < 4.78 is 12.3. The predicted molar refractivity (Wildman–Crippen MR) is 119 cm³/mol. The lowest BCUT2D eigenvalue weighted by atomic mass is 9.93. The van der Waals surface area contributed by atoms with E-state index in [1.54, 1.807) is 0 Å². The highest BCUT2D eigenvalue weighted by Gasteiger charge is 2.51. The van der Waals surface area contributed by atoms with Crippen LogP contribution in [0.5, 0.6) is 0 Å². The van der Waals surface area contributed by atoms with Crippen molar-refractivity contribution in [1.29, 1.82) is 5.26 Å². The Hall–Kier alpha value is -3.87. The van der Waals surface area contributed by atoms with E-state index >= 15 is 0 Å². The molecule has 2 aromatic heterocycles. The number of aliphatic hydroxyl groups is 2. The summed E-state index contributed by atoms with van der Waals surface area (Å²) in [6.07, 6.45) is -5.06. The standard InChI is InChI=1S/C21H19ClN6O8/c22-20-26-15(24)12-16(27-20)28(8-25-12)17-14(30)13(29)11(36-17)7-35-21(18(31)32,19(33)34)5-9-1-3-10(6-23)4-2-9/h1-4,8,11,13-14,17,29-30H,5,7H2,(H,31,32)(H,33,34)(H2,24,26,27). The highest BCUT2D eigenvalue weighted by atomic mass is 35.5. The van der Waals surface area contributed by atoms with Gasteiger partial charge in [-0.2, -0.15) is 15.2 Å². The monoisotopic (exact) mass is 518 g/mol. The van der Waals surface area contributed by atoms with E-state index in [1.807, 2.05) is 6.07 Å². The second-order valence-corrected chi connectivity index (χ2v) is 8.32. The van der Waals surface area contributed by atoms with Crippen LogP contribution in [0, 0.1) is 11.3 Å². The third-order valence-corrected chi connectivity index (χ3v) is 5.92. The highest BCUT2D eigenvalue weighted by Crippen LogP contribution is 2.33. The molecule has 1 aliphatic heterocycles. The lowest BCUT2D eigenvalue weighted by Gasteiger charge is -2.27. The average molecular weight is 519 g/mol. The van der Waals surface area contributed by atoms with Gasteiger partial charge in [-0.3, -0.25) is 4.57 Å². The Morgan fingerprint density at radius 3 is 2.47 bits per heavy atom. The van der Waals surface area contributed by atoms with Crippen molar-refractivity contribution in [3.8, 4) is 6.07 Å². The molecule has 14 nitrogen and oxygen atoms in total. The summed E-state index contributed by atoms with van der Waals surface area (Å²) >= 11 is 5.85. The number of anilines is 1. The van der Waals surface area contributed by atoms with Crippen molar-refractivity contribution >= 4 is 40.5 Å². The molecular formula is C21H19ClN6O8. The maximum atomic E-state index is 12.0. The molecule has 3 aromatic rings. The molecule has 1 aliphatic rings. The zero-order valence-corrected chi connectivity index (χ0v) is 19.0. The van der Waals surface area contributed by atoms with E-state index in [1.165, 1.54) is 35.2 Å². The van der Waals surface area contributed by atoms with Crippen molar-refractivity contribution in [3.63, 3.8) is 0 Å². The molecule has 1 aromatic carbocycles. The molecule has 0 spiro atoms. The van der Waals surface area contributed by atoms with Crippen molar-refractivity contribution in [2.45, 2.75) is 36.6 Å². The fourth-order valence-corrected chi connectivity index (χ4v) is 3.99. The average Bonchev–Trinajstić information content (AvgIpc) is 3.37. The molecule has 4 rings (SSSR count). The smallest absolute Gasteiger partial charge is 0.348 e. The number of nitrogens with two attached hydrogens (primary N) is 1. The fraction of sp³-hybridized carbons (Fsp3) is 0.333. The SMILES string of the molecule is N#Cc1ccc(CC(OCC2OC(n3cnc4c(N)nc(Cl)nc43)C(O)C2O)(C(=O)O)C(=O)O)cc1. The summed E-state index contributed by atoms with van der Waals surface area (Å²) in [5, 5.41) is 49.4. The van der Waals surface area contributed by atoms with Crippen molar-refractivity contribution in [2.75, 3.05) is 12.3 Å². The van der Waals surface area contributed by atoms with Gasteiger partial charge in [-0.1, -0.05) is 12.1 Å². The molecular weight excluding hydrogens is 500 g/mol. The number of imidazole rings is 1. The number of benzene rings is 1. The molecule has 0 aliphatic carbocycles. The van der Waals surface area contributed by atoms with Gasteiger partial charge >= 0.3 is 11.9 Å². The largest absolute Gasteiger partial charge is 0.479 e. The summed E-state index contributed by atoms with van der Waals surface area (Å²) in [4.78, 5) is 35.9. The van der Waals surface area contributed by atoms with Crippen LogP contribution in [-0.4, -0.2) is 82.4 Å². The Balaban J connectivity index is 1.56. The van der Waals surface area contributed by atoms with Gasteiger partial charge in [-0.25, -0.2) is 14.6 Å². The van der Waals surface area contributed by atoms with Crippen molar-refractivity contribution in [3.05, 3.63) is 47.0 Å². The first kappa shape index (κ1) is 25.2. The zero-order chi connectivity index (χ0) is 26.2. The molecule has 6 N–H and O–H groups in total. The van der Waals surface area contributed by atoms with Gasteiger partial charge in [0.05, 0.1) is 24.6 Å². The molecule has 15 heteroatoms. The minimum Gasteiger partial charge on any atom is -0.479 e. The molecule has 36 heavy (non-hydrogen) atoms.